The molecular formula is C19H41NO5. The van der Waals surface area contributed by atoms with Crippen LogP contribution >= 0.6 is 0 Å². The minimum absolute atomic E-state index is 0.0891. The Morgan fingerprint density at radius 1 is 0.840 bits per heavy atom. The predicted molar refractivity (Wildman–Crippen MR) is 101 cm³/mol. The second kappa shape index (κ2) is 16.0. The van der Waals surface area contributed by atoms with E-state index in [0.29, 0.717) is 6.61 Å². The van der Waals surface area contributed by atoms with Gasteiger partial charge < -0.3 is 29.9 Å². The number of nitrogens with zero attached hydrogens (tertiary/aromatic N) is 1. The van der Waals surface area contributed by atoms with E-state index in [1.807, 2.05) is 0 Å². The van der Waals surface area contributed by atoms with E-state index in [-0.39, 0.29) is 26.3 Å². The van der Waals surface area contributed by atoms with Crippen LogP contribution in [0, 0.1) is 5.21 Å². The molecule has 0 spiro atoms. The minimum atomic E-state index is -0.960. The van der Waals surface area contributed by atoms with Crippen LogP contribution in [0.3, 0.4) is 0 Å². The highest BCUT2D eigenvalue weighted by Gasteiger charge is 2.33. The maximum atomic E-state index is 12.7. The molecule has 25 heavy (non-hydrogen) atoms. The molecule has 6 heteroatoms. The number of rotatable bonds is 18. The summed E-state index contributed by atoms with van der Waals surface area (Å²) in [6.07, 6.45) is 10.3. The molecule has 2 atom stereocenters. The normalized spacial score (nSPS) is 14.6. The smallest absolute Gasteiger partial charge is 0.219 e. The molecule has 0 aromatic carbocycles. The molecule has 6 nitrogen and oxygen atoms in total. The molecule has 0 saturated carbocycles. The number of hydrogen-bond acceptors (Lipinski definition) is 5. The van der Waals surface area contributed by atoms with Gasteiger partial charge in [0.25, 0.3) is 0 Å². The molecule has 0 heterocycles. The monoisotopic (exact) mass is 363 g/mol. The van der Waals surface area contributed by atoms with E-state index in [4.69, 9.17) is 14.9 Å². The number of hydroxylamine groups is 3. The third-order valence-electron chi connectivity index (χ3n) is 4.62. The number of quaternary nitrogens is 1. The van der Waals surface area contributed by atoms with Gasteiger partial charge in [-0.05, 0) is 13.3 Å². The molecule has 0 radical (unpaired) electrons. The first-order chi connectivity index (χ1) is 12.0. The third kappa shape index (κ3) is 11.9. The zero-order chi connectivity index (χ0) is 19.0. The number of hydrogen-bond donors (Lipinski definition) is 3. The van der Waals surface area contributed by atoms with Gasteiger partial charge in [-0.25, -0.2) is 0 Å². The largest absolute Gasteiger partial charge is 0.631 e. The quantitative estimate of drug-likeness (QED) is 0.151. The molecule has 152 valence electrons. The summed E-state index contributed by atoms with van der Waals surface area (Å²) in [7, 11) is 0. The maximum absolute atomic E-state index is 12.7. The van der Waals surface area contributed by atoms with Crippen molar-refractivity contribution in [3.63, 3.8) is 0 Å². The Labute approximate surface area is 154 Å². The zero-order valence-corrected chi connectivity index (χ0v) is 16.4. The second-order valence-corrected chi connectivity index (χ2v) is 7.03. The van der Waals surface area contributed by atoms with E-state index in [1.165, 1.54) is 58.3 Å². The Balaban J connectivity index is 3.90. The van der Waals surface area contributed by atoms with Gasteiger partial charge in [-0.15, -0.1) is 0 Å². The van der Waals surface area contributed by atoms with Crippen molar-refractivity contribution in [2.24, 2.45) is 0 Å². The Morgan fingerprint density at radius 2 is 1.28 bits per heavy atom. The molecule has 0 amide bonds. The van der Waals surface area contributed by atoms with E-state index in [0.717, 1.165) is 12.8 Å². The Kier molecular flexibility index (Phi) is 15.8. The van der Waals surface area contributed by atoms with Crippen LogP contribution in [-0.2, 0) is 4.74 Å². The van der Waals surface area contributed by atoms with Crippen LogP contribution in [0.4, 0.5) is 0 Å². The SMILES string of the molecule is CCCCCCCCCCCCOC(C(C)O)[N+]([O-])(CCO)CCO. The van der Waals surface area contributed by atoms with Crippen molar-refractivity contribution in [2.45, 2.75) is 90.4 Å². The number of aliphatic hydroxyl groups is 3. The Bertz CT molecular complexity index is 283. The first kappa shape index (κ1) is 24.8. The molecule has 0 aromatic rings. The van der Waals surface area contributed by atoms with Crippen LogP contribution in [0.15, 0.2) is 0 Å². The molecule has 2 unspecified atom stereocenters. The van der Waals surface area contributed by atoms with Gasteiger partial charge in [-0.2, -0.15) is 0 Å². The van der Waals surface area contributed by atoms with Gasteiger partial charge in [0.1, 0.15) is 19.2 Å². The minimum Gasteiger partial charge on any atom is -0.631 e. The maximum Gasteiger partial charge on any atom is 0.219 e. The summed E-state index contributed by atoms with van der Waals surface area (Å²) in [5.74, 6) is 0. The molecule has 0 bridgehead atoms. The third-order valence-corrected chi connectivity index (χ3v) is 4.62. The van der Waals surface area contributed by atoms with Gasteiger partial charge in [0.2, 0.25) is 6.23 Å². The van der Waals surface area contributed by atoms with Gasteiger partial charge in [-0.1, -0.05) is 64.7 Å². The Hall–Kier alpha value is -0.240. The summed E-state index contributed by atoms with van der Waals surface area (Å²) in [4.78, 5) is 0. The molecule has 3 N–H and O–H groups in total. The molecule has 0 aliphatic carbocycles. The lowest BCUT2D eigenvalue weighted by atomic mass is 10.1. The number of ether oxygens (including phenoxy) is 1. The van der Waals surface area contributed by atoms with E-state index in [9.17, 15) is 10.3 Å². The summed E-state index contributed by atoms with van der Waals surface area (Å²) < 4.78 is 4.72. The van der Waals surface area contributed by atoms with Gasteiger partial charge in [-0.3, -0.25) is 0 Å². The summed E-state index contributed by atoms with van der Waals surface area (Å²) in [6.45, 7) is 3.40. The zero-order valence-electron chi connectivity index (χ0n) is 16.4. The fourth-order valence-corrected chi connectivity index (χ4v) is 3.17. The van der Waals surface area contributed by atoms with E-state index < -0.39 is 17.0 Å². The molecule has 0 aliphatic rings. The molecular weight excluding hydrogens is 322 g/mol. The van der Waals surface area contributed by atoms with Crippen molar-refractivity contribution in [3.05, 3.63) is 5.21 Å². The highest BCUT2D eigenvalue weighted by Crippen LogP contribution is 2.18. The predicted octanol–water partition coefficient (Wildman–Crippen LogP) is 2.93. The highest BCUT2D eigenvalue weighted by molar-refractivity contribution is 4.59. The van der Waals surface area contributed by atoms with Crippen LogP contribution in [-0.4, -0.2) is 65.2 Å². The summed E-state index contributed by atoms with van der Waals surface area (Å²) >= 11 is 0. The topological polar surface area (TPSA) is 93.0 Å². The molecule has 0 rings (SSSR count). The van der Waals surface area contributed by atoms with Crippen molar-refractivity contribution >= 4 is 0 Å². The number of unbranched alkanes of at least 4 members (excludes halogenated alkanes) is 9. The van der Waals surface area contributed by atoms with Crippen LogP contribution in [0.5, 0.6) is 0 Å². The molecule has 0 fully saturated rings. The molecule has 0 aliphatic heterocycles. The van der Waals surface area contributed by atoms with Crippen molar-refractivity contribution in [1.82, 2.24) is 0 Å². The van der Waals surface area contributed by atoms with E-state index >= 15 is 0 Å². The van der Waals surface area contributed by atoms with Crippen molar-refractivity contribution in [2.75, 3.05) is 32.9 Å². The average Bonchev–Trinajstić information content (AvgIpc) is 2.56. The first-order valence-corrected chi connectivity index (χ1v) is 10.1. The lowest BCUT2D eigenvalue weighted by Gasteiger charge is -2.48. The Morgan fingerprint density at radius 3 is 1.68 bits per heavy atom. The average molecular weight is 364 g/mol. The van der Waals surface area contributed by atoms with Crippen LogP contribution in [0.1, 0.15) is 78.1 Å². The van der Waals surface area contributed by atoms with Gasteiger partial charge in [0.15, 0.2) is 0 Å². The van der Waals surface area contributed by atoms with E-state index in [1.54, 1.807) is 0 Å². The van der Waals surface area contributed by atoms with Crippen LogP contribution < -0.4 is 0 Å². The lowest BCUT2D eigenvalue weighted by Crippen LogP contribution is -2.59. The fraction of sp³-hybridized carbons (Fsp3) is 1.00. The van der Waals surface area contributed by atoms with Gasteiger partial charge >= 0.3 is 0 Å². The summed E-state index contributed by atoms with van der Waals surface area (Å²) in [6, 6.07) is 0. The second-order valence-electron chi connectivity index (χ2n) is 7.03. The summed E-state index contributed by atoms with van der Waals surface area (Å²) in [5.41, 5.74) is 0. The van der Waals surface area contributed by atoms with Crippen molar-refractivity contribution < 1.29 is 24.7 Å². The fourth-order valence-electron chi connectivity index (χ4n) is 3.17. The van der Waals surface area contributed by atoms with Gasteiger partial charge in [0.05, 0.1) is 19.8 Å². The lowest BCUT2D eigenvalue weighted by molar-refractivity contribution is -0.932. The van der Waals surface area contributed by atoms with Crippen molar-refractivity contribution in [3.8, 4) is 0 Å². The van der Waals surface area contributed by atoms with Crippen LogP contribution in [0.2, 0.25) is 0 Å². The molecule has 0 saturated heterocycles. The first-order valence-electron chi connectivity index (χ1n) is 10.1. The molecule has 0 aromatic heterocycles. The summed E-state index contributed by atoms with van der Waals surface area (Å²) in [5, 5.41) is 40.7. The van der Waals surface area contributed by atoms with Crippen molar-refractivity contribution in [1.29, 1.82) is 0 Å². The van der Waals surface area contributed by atoms with Gasteiger partial charge in [0, 0.05) is 0 Å². The van der Waals surface area contributed by atoms with E-state index in [2.05, 4.69) is 6.92 Å². The van der Waals surface area contributed by atoms with Crippen LogP contribution in [0.25, 0.3) is 0 Å². The standard InChI is InChI=1S/C19H41NO5/c1-3-4-5-6-7-8-9-10-11-12-17-25-19(18(2)23)20(24,13-15-21)14-16-22/h18-19,21-23H,3-17H2,1-2H3. The highest BCUT2D eigenvalue weighted by atomic mass is 16.6. The number of aliphatic hydroxyl groups excluding tert-OH is 3.